The van der Waals surface area contributed by atoms with E-state index in [1.807, 2.05) is 23.4 Å². The Labute approximate surface area is 218 Å². The van der Waals surface area contributed by atoms with Crippen molar-refractivity contribution in [2.45, 2.75) is 120 Å². The van der Waals surface area contributed by atoms with E-state index in [1.54, 1.807) is 12.1 Å². The highest BCUT2D eigenvalue weighted by atomic mass is 32.2. The molecule has 1 aliphatic carbocycles. The minimum Gasteiger partial charge on any atom is -0.369 e. The minimum absolute atomic E-state index is 0.0466. The summed E-state index contributed by atoms with van der Waals surface area (Å²) in [5, 5.41) is 0. The maximum Gasteiger partial charge on any atom is 0.244 e. The third kappa shape index (κ3) is 4.19. The zero-order valence-electron chi connectivity index (χ0n) is 23.2. The van der Waals surface area contributed by atoms with Crippen LogP contribution in [-0.2, 0) is 29.6 Å². The molecule has 0 N–H and O–H groups in total. The summed E-state index contributed by atoms with van der Waals surface area (Å²) in [4.78, 5) is 0.346. The number of nitrogens with zero attached hydrogens (tertiary/aromatic N) is 1. The van der Waals surface area contributed by atoms with Gasteiger partial charge in [-0.1, -0.05) is 59.8 Å². The van der Waals surface area contributed by atoms with Crippen LogP contribution in [0.4, 0.5) is 0 Å². The van der Waals surface area contributed by atoms with Gasteiger partial charge in [-0.3, -0.25) is 0 Å². The van der Waals surface area contributed by atoms with E-state index in [2.05, 4.69) is 47.6 Å². The van der Waals surface area contributed by atoms with Crippen LogP contribution < -0.4 is 0 Å². The molecule has 2 heterocycles. The van der Waals surface area contributed by atoms with Gasteiger partial charge in [-0.05, 0) is 61.3 Å². The summed E-state index contributed by atoms with van der Waals surface area (Å²) >= 11 is 0. The first-order valence-electron chi connectivity index (χ1n) is 13.7. The van der Waals surface area contributed by atoms with Crippen molar-refractivity contribution in [1.29, 1.82) is 0 Å². The first-order chi connectivity index (χ1) is 16.9. The lowest BCUT2D eigenvalue weighted by Gasteiger charge is -2.62. The summed E-state index contributed by atoms with van der Waals surface area (Å²) in [5.74, 6) is -0.609. The highest BCUT2D eigenvalue weighted by molar-refractivity contribution is 7.89. The van der Waals surface area contributed by atoms with Crippen LogP contribution in [0.2, 0.25) is 0 Å². The van der Waals surface area contributed by atoms with Gasteiger partial charge < -0.3 is 14.2 Å². The van der Waals surface area contributed by atoms with Crippen molar-refractivity contribution in [2.75, 3.05) is 19.8 Å². The molecule has 1 saturated heterocycles. The number of fused-ring (bicyclic) bond motifs is 1. The van der Waals surface area contributed by atoms with E-state index < -0.39 is 27.0 Å². The zero-order chi connectivity index (χ0) is 26.4. The van der Waals surface area contributed by atoms with Gasteiger partial charge in [0.2, 0.25) is 10.0 Å². The normalized spacial score (nSPS) is 28.2. The Kier molecular flexibility index (Phi) is 7.57. The van der Waals surface area contributed by atoms with Crippen molar-refractivity contribution in [3.05, 3.63) is 41.5 Å². The predicted octanol–water partition coefficient (Wildman–Crippen LogP) is 5.95. The summed E-state index contributed by atoms with van der Waals surface area (Å²) in [6, 6.07) is 7.20. The number of sulfonamides is 1. The monoisotopic (exact) mass is 519 g/mol. The fourth-order valence-electron chi connectivity index (χ4n) is 6.92. The van der Waals surface area contributed by atoms with Crippen LogP contribution in [0.3, 0.4) is 0 Å². The molecule has 0 aromatic heterocycles. The maximum absolute atomic E-state index is 14.5. The Balaban J connectivity index is 1.88. The van der Waals surface area contributed by atoms with Crippen LogP contribution in [0.5, 0.6) is 0 Å². The molecule has 3 aliphatic rings. The third-order valence-electron chi connectivity index (χ3n) is 8.77. The molecule has 1 aromatic rings. The van der Waals surface area contributed by atoms with Gasteiger partial charge in [-0.25, -0.2) is 8.42 Å². The molecule has 36 heavy (non-hydrogen) atoms. The van der Waals surface area contributed by atoms with Crippen molar-refractivity contribution in [3.8, 4) is 0 Å². The molecule has 0 bridgehead atoms. The summed E-state index contributed by atoms with van der Waals surface area (Å²) in [7, 11) is -3.81. The largest absolute Gasteiger partial charge is 0.369 e. The summed E-state index contributed by atoms with van der Waals surface area (Å²) in [6.45, 7) is 16.4. The van der Waals surface area contributed by atoms with Crippen molar-refractivity contribution in [2.24, 2.45) is 0 Å². The van der Waals surface area contributed by atoms with Gasteiger partial charge in [-0.15, -0.1) is 0 Å². The molecule has 1 aromatic carbocycles. The molecule has 6 nitrogen and oxygen atoms in total. The highest BCUT2D eigenvalue weighted by Gasteiger charge is 2.65. The van der Waals surface area contributed by atoms with Crippen LogP contribution in [0.1, 0.15) is 92.6 Å². The quantitative estimate of drug-likeness (QED) is 0.416. The fourth-order valence-corrected chi connectivity index (χ4v) is 9.06. The molecule has 0 amide bonds. The van der Waals surface area contributed by atoms with Crippen LogP contribution in [0.15, 0.2) is 40.8 Å². The van der Waals surface area contributed by atoms with Crippen LogP contribution in [0, 0.1) is 0 Å². The van der Waals surface area contributed by atoms with Crippen LogP contribution in [-0.4, -0.2) is 55.5 Å². The Bertz CT molecular complexity index is 1060. The van der Waals surface area contributed by atoms with Gasteiger partial charge >= 0.3 is 0 Å². The highest BCUT2D eigenvalue weighted by Crippen LogP contribution is 2.58. The van der Waals surface area contributed by atoms with Crippen molar-refractivity contribution < 1.29 is 22.6 Å². The van der Waals surface area contributed by atoms with Gasteiger partial charge in [0.1, 0.15) is 5.60 Å². The number of hydrogen-bond acceptors (Lipinski definition) is 5. The Hall–Kier alpha value is -1.25. The van der Waals surface area contributed by atoms with E-state index in [0.717, 1.165) is 11.1 Å². The topological polar surface area (TPSA) is 65.1 Å². The third-order valence-corrected chi connectivity index (χ3v) is 10.8. The molecule has 2 atom stereocenters. The van der Waals surface area contributed by atoms with Crippen LogP contribution in [0.25, 0.3) is 0 Å². The Morgan fingerprint density at radius 3 is 2.11 bits per heavy atom. The summed E-state index contributed by atoms with van der Waals surface area (Å²) in [5.41, 5.74) is 0.787. The summed E-state index contributed by atoms with van der Waals surface area (Å²) < 4.78 is 49.8. The van der Waals surface area contributed by atoms with Gasteiger partial charge in [0.05, 0.1) is 23.6 Å². The van der Waals surface area contributed by atoms with Gasteiger partial charge in [0, 0.05) is 25.5 Å². The maximum atomic E-state index is 14.5. The second-order valence-corrected chi connectivity index (χ2v) is 13.3. The van der Waals surface area contributed by atoms with E-state index in [0.29, 0.717) is 63.2 Å². The average molecular weight is 520 g/mol. The molecule has 4 rings (SSSR count). The van der Waals surface area contributed by atoms with E-state index in [-0.39, 0.29) is 11.5 Å². The Morgan fingerprint density at radius 2 is 1.61 bits per heavy atom. The number of benzene rings is 1. The molecule has 1 saturated carbocycles. The average Bonchev–Trinajstić information content (AvgIpc) is 3.30. The lowest BCUT2D eigenvalue weighted by Crippen LogP contribution is -2.73. The molecule has 1 spiro atoms. The number of ether oxygens (including phenoxy) is 3. The predicted molar refractivity (Wildman–Crippen MR) is 142 cm³/mol. The molecule has 0 radical (unpaired) electrons. The van der Waals surface area contributed by atoms with E-state index in [4.69, 9.17) is 14.2 Å². The lowest BCUT2D eigenvalue weighted by molar-refractivity contribution is -0.214. The number of rotatable bonds is 7. The Morgan fingerprint density at radius 1 is 1.00 bits per heavy atom. The lowest BCUT2D eigenvalue weighted by atomic mass is 9.61. The molecular weight excluding hydrogens is 474 g/mol. The first kappa shape index (κ1) is 27.8. The van der Waals surface area contributed by atoms with Crippen LogP contribution >= 0.6 is 0 Å². The van der Waals surface area contributed by atoms with Gasteiger partial charge in [-0.2, -0.15) is 4.31 Å². The summed E-state index contributed by atoms with van der Waals surface area (Å²) in [6.07, 6.45) is 6.14. The molecule has 2 unspecified atom stereocenters. The zero-order valence-corrected chi connectivity index (χ0v) is 24.0. The SMILES string of the molecule is CCOC12CCC3(CC1=CC(CC)N(S(=O)(=O)c1ccc(C(C)(C)C)cc1)C2(CC)CC)OCCO3. The van der Waals surface area contributed by atoms with Gasteiger partial charge in [0.15, 0.2) is 5.79 Å². The molecule has 2 aliphatic heterocycles. The number of hydrogen-bond donors (Lipinski definition) is 0. The molecular formula is C29H45NO5S. The smallest absolute Gasteiger partial charge is 0.244 e. The van der Waals surface area contributed by atoms with E-state index in [9.17, 15) is 8.42 Å². The molecule has 202 valence electrons. The second-order valence-electron chi connectivity index (χ2n) is 11.5. The van der Waals surface area contributed by atoms with Crippen molar-refractivity contribution >= 4 is 10.0 Å². The molecule has 2 fully saturated rings. The first-order valence-corrected chi connectivity index (χ1v) is 15.2. The minimum atomic E-state index is -3.81. The van der Waals surface area contributed by atoms with E-state index in [1.165, 1.54) is 0 Å². The van der Waals surface area contributed by atoms with Crippen molar-refractivity contribution in [3.63, 3.8) is 0 Å². The fraction of sp³-hybridized carbons (Fsp3) is 0.724. The molecule has 7 heteroatoms. The van der Waals surface area contributed by atoms with E-state index >= 15 is 0 Å². The van der Waals surface area contributed by atoms with Crippen molar-refractivity contribution in [1.82, 2.24) is 4.31 Å². The second kappa shape index (κ2) is 9.81. The standard InChI is InChI=1S/C29H45NO5S/c1-8-24-20-23-21-28(34-18-19-35-28)16-17-29(23,33-11-4)27(9-2,10-3)30(24)36(31,32)25-14-12-22(13-15-25)26(5,6)7/h12-15,20,24H,8-11,16-19,21H2,1-7H3. The van der Waals surface area contributed by atoms with Gasteiger partial charge in [0.25, 0.3) is 0 Å².